The molecule has 0 saturated heterocycles. The first-order chi connectivity index (χ1) is 16.1. The van der Waals surface area contributed by atoms with Crippen molar-refractivity contribution in [3.05, 3.63) is 52.6 Å². The Hall–Kier alpha value is -2.40. The standard InChI is InChI=1S/C28H32ClNO4/c1-16(31)21-8-9-22-20-15-25(32)24-14-19(34-26(33)30-18-6-4-17(29)5-7-18)10-12-28(24,3)23(20)11-13-27(21,22)2/h4-8,14,19-20,22-23H,9-13,15H2,1-3H3,(H,30,33)/t19-,20-,22-,23-,27+,28+/m0/s1. The first-order valence-electron chi connectivity index (χ1n) is 12.3. The summed E-state index contributed by atoms with van der Waals surface area (Å²) in [6, 6.07) is 6.85. The van der Waals surface area contributed by atoms with Crippen LogP contribution in [0.1, 0.15) is 59.3 Å². The molecule has 0 radical (unpaired) electrons. The van der Waals surface area contributed by atoms with E-state index in [2.05, 4.69) is 25.2 Å². The van der Waals surface area contributed by atoms with Gasteiger partial charge in [0, 0.05) is 22.7 Å². The Morgan fingerprint density at radius 2 is 1.76 bits per heavy atom. The Morgan fingerprint density at radius 3 is 2.47 bits per heavy atom. The van der Waals surface area contributed by atoms with Gasteiger partial charge >= 0.3 is 6.09 Å². The molecule has 0 bridgehead atoms. The first kappa shape index (κ1) is 23.3. The van der Waals surface area contributed by atoms with Crippen molar-refractivity contribution >= 4 is 34.9 Å². The van der Waals surface area contributed by atoms with Gasteiger partial charge in [0.25, 0.3) is 0 Å². The molecule has 0 aromatic heterocycles. The molecule has 6 atom stereocenters. The molecule has 34 heavy (non-hydrogen) atoms. The molecule has 1 aromatic carbocycles. The zero-order valence-electron chi connectivity index (χ0n) is 20.0. The highest BCUT2D eigenvalue weighted by molar-refractivity contribution is 6.30. The van der Waals surface area contributed by atoms with E-state index in [1.165, 1.54) is 0 Å². The highest BCUT2D eigenvalue weighted by atomic mass is 35.5. The number of halogens is 1. The molecular formula is C28H32ClNO4. The third-order valence-electron chi connectivity index (χ3n) is 9.20. The summed E-state index contributed by atoms with van der Waals surface area (Å²) in [6.45, 7) is 6.13. The number of rotatable bonds is 3. The lowest BCUT2D eigenvalue weighted by molar-refractivity contribution is -0.128. The average molecular weight is 482 g/mol. The second-order valence-corrected chi connectivity index (χ2v) is 11.4. The largest absolute Gasteiger partial charge is 0.442 e. The number of carbonyl (C=O) groups excluding carboxylic acids is 3. The number of amides is 1. The second kappa shape index (κ2) is 8.37. The van der Waals surface area contributed by atoms with Crippen LogP contribution in [0.4, 0.5) is 10.5 Å². The summed E-state index contributed by atoms with van der Waals surface area (Å²) in [5, 5.41) is 3.33. The Bertz CT molecular complexity index is 1110. The summed E-state index contributed by atoms with van der Waals surface area (Å²) in [4.78, 5) is 38.2. The molecule has 6 heteroatoms. The number of hydrogen-bond acceptors (Lipinski definition) is 4. The molecular weight excluding hydrogens is 450 g/mol. The number of anilines is 1. The molecule has 1 aromatic rings. The molecule has 0 aliphatic heterocycles. The quantitative estimate of drug-likeness (QED) is 0.533. The van der Waals surface area contributed by atoms with Crippen molar-refractivity contribution < 1.29 is 19.1 Å². The summed E-state index contributed by atoms with van der Waals surface area (Å²) < 4.78 is 5.67. The SMILES string of the molecule is CC(=O)C1=CC[C@H]2[C@@H]3CC(=O)C4=C[C@@H](OC(=O)Nc5ccc(Cl)cc5)CC[C@]4(C)[C@H]3CC[C@]12C. The minimum atomic E-state index is -0.531. The van der Waals surface area contributed by atoms with E-state index in [1.807, 2.05) is 6.08 Å². The van der Waals surface area contributed by atoms with Crippen molar-refractivity contribution in [3.63, 3.8) is 0 Å². The van der Waals surface area contributed by atoms with Gasteiger partial charge in [-0.2, -0.15) is 0 Å². The van der Waals surface area contributed by atoms with Gasteiger partial charge in [-0.05, 0) is 104 Å². The summed E-state index contributed by atoms with van der Waals surface area (Å²) in [6.07, 6.45) is 8.04. The van der Waals surface area contributed by atoms with E-state index in [0.29, 0.717) is 41.3 Å². The molecule has 0 heterocycles. The lowest BCUT2D eigenvalue weighted by Crippen LogP contribution is -2.53. The molecule has 0 spiro atoms. The van der Waals surface area contributed by atoms with Gasteiger partial charge in [-0.15, -0.1) is 0 Å². The minimum absolute atomic E-state index is 0.106. The van der Waals surface area contributed by atoms with Crippen molar-refractivity contribution in [1.82, 2.24) is 0 Å². The van der Waals surface area contributed by atoms with Crippen LogP contribution in [0.25, 0.3) is 0 Å². The lowest BCUT2D eigenvalue weighted by atomic mass is 9.46. The maximum Gasteiger partial charge on any atom is 0.412 e. The third kappa shape index (κ3) is 3.73. The Kier molecular flexibility index (Phi) is 5.75. The number of ether oxygens (including phenoxy) is 1. The summed E-state index contributed by atoms with van der Waals surface area (Å²) >= 11 is 5.90. The van der Waals surface area contributed by atoms with Crippen molar-refractivity contribution in [2.24, 2.45) is 28.6 Å². The topological polar surface area (TPSA) is 72.5 Å². The summed E-state index contributed by atoms with van der Waals surface area (Å²) in [5.41, 5.74) is 2.11. The number of hydrogen-bond donors (Lipinski definition) is 1. The van der Waals surface area contributed by atoms with Gasteiger partial charge in [0.1, 0.15) is 6.10 Å². The summed E-state index contributed by atoms with van der Waals surface area (Å²) in [5.74, 6) is 1.42. The highest BCUT2D eigenvalue weighted by Crippen LogP contribution is 2.64. The van der Waals surface area contributed by atoms with Crippen molar-refractivity contribution in [2.45, 2.75) is 65.4 Å². The predicted molar refractivity (Wildman–Crippen MR) is 132 cm³/mol. The lowest BCUT2D eigenvalue weighted by Gasteiger charge is -2.57. The number of carbonyl (C=O) groups is 3. The molecule has 5 nitrogen and oxygen atoms in total. The second-order valence-electron chi connectivity index (χ2n) is 11.0. The fourth-order valence-electron chi connectivity index (χ4n) is 7.54. The normalized spacial score (nSPS) is 36.4. The van der Waals surface area contributed by atoms with E-state index in [4.69, 9.17) is 16.3 Å². The van der Waals surface area contributed by atoms with Crippen LogP contribution in [0.2, 0.25) is 5.02 Å². The van der Waals surface area contributed by atoms with E-state index in [1.54, 1.807) is 31.2 Å². The molecule has 2 saturated carbocycles. The van der Waals surface area contributed by atoms with Gasteiger partial charge in [-0.3, -0.25) is 14.9 Å². The van der Waals surface area contributed by atoms with Crippen LogP contribution in [0.5, 0.6) is 0 Å². The van der Waals surface area contributed by atoms with Crippen molar-refractivity contribution in [2.75, 3.05) is 5.32 Å². The first-order valence-corrected chi connectivity index (χ1v) is 12.7. The highest BCUT2D eigenvalue weighted by Gasteiger charge is 2.59. The van der Waals surface area contributed by atoms with E-state index < -0.39 is 12.2 Å². The zero-order chi connectivity index (χ0) is 24.3. The fourth-order valence-corrected chi connectivity index (χ4v) is 7.67. The van der Waals surface area contributed by atoms with E-state index in [0.717, 1.165) is 36.8 Å². The minimum Gasteiger partial charge on any atom is -0.442 e. The summed E-state index contributed by atoms with van der Waals surface area (Å²) in [7, 11) is 0. The molecule has 5 rings (SSSR count). The molecule has 2 fully saturated rings. The van der Waals surface area contributed by atoms with Gasteiger partial charge in [-0.1, -0.05) is 31.5 Å². The smallest absolute Gasteiger partial charge is 0.412 e. The number of allylic oxidation sites excluding steroid dienone is 3. The van der Waals surface area contributed by atoms with Crippen LogP contribution >= 0.6 is 11.6 Å². The molecule has 1 N–H and O–H groups in total. The maximum atomic E-state index is 13.4. The maximum absolute atomic E-state index is 13.4. The predicted octanol–water partition coefficient (Wildman–Crippen LogP) is 6.52. The third-order valence-corrected chi connectivity index (χ3v) is 9.45. The average Bonchev–Trinajstić information content (AvgIpc) is 3.14. The number of nitrogens with one attached hydrogen (secondary N) is 1. The van der Waals surface area contributed by atoms with Gasteiger partial charge in [0.15, 0.2) is 11.6 Å². The number of fused-ring (bicyclic) bond motifs is 5. The van der Waals surface area contributed by atoms with Crippen LogP contribution in [0, 0.1) is 28.6 Å². The monoisotopic (exact) mass is 481 g/mol. The van der Waals surface area contributed by atoms with Gasteiger partial charge in [0.2, 0.25) is 0 Å². The Labute approximate surface area is 206 Å². The molecule has 4 aliphatic carbocycles. The zero-order valence-corrected chi connectivity index (χ0v) is 20.8. The van der Waals surface area contributed by atoms with Crippen LogP contribution in [0.15, 0.2) is 47.6 Å². The molecule has 0 unspecified atom stereocenters. The number of Topliss-reactive ketones (excluding diaryl/α,β-unsaturated/α-hetero) is 2. The number of benzene rings is 1. The van der Waals surface area contributed by atoms with Crippen molar-refractivity contribution in [3.8, 4) is 0 Å². The van der Waals surface area contributed by atoms with E-state index >= 15 is 0 Å². The van der Waals surface area contributed by atoms with Crippen LogP contribution in [0.3, 0.4) is 0 Å². The fraction of sp³-hybridized carbons (Fsp3) is 0.536. The van der Waals surface area contributed by atoms with Gasteiger partial charge in [0.05, 0.1) is 0 Å². The van der Waals surface area contributed by atoms with Crippen molar-refractivity contribution in [1.29, 1.82) is 0 Å². The Morgan fingerprint density at radius 1 is 1.06 bits per heavy atom. The number of ketones is 2. The molecule has 180 valence electrons. The van der Waals surface area contributed by atoms with Crippen LogP contribution in [-0.2, 0) is 14.3 Å². The molecule has 4 aliphatic rings. The van der Waals surface area contributed by atoms with Gasteiger partial charge < -0.3 is 4.74 Å². The Balaban J connectivity index is 1.32. The van der Waals surface area contributed by atoms with Gasteiger partial charge in [-0.25, -0.2) is 4.79 Å². The van der Waals surface area contributed by atoms with E-state index in [-0.39, 0.29) is 22.4 Å². The van der Waals surface area contributed by atoms with Crippen LogP contribution in [-0.4, -0.2) is 23.8 Å². The van der Waals surface area contributed by atoms with E-state index in [9.17, 15) is 14.4 Å². The van der Waals surface area contributed by atoms with Crippen LogP contribution < -0.4 is 5.32 Å². The molecule has 1 amide bonds.